The molecule has 23 heavy (non-hydrogen) atoms. The molecule has 0 N–H and O–H groups in total. The van der Waals surface area contributed by atoms with Crippen molar-refractivity contribution in [3.05, 3.63) is 18.0 Å². The number of alkyl halides is 2. The topological polar surface area (TPSA) is 75.9 Å². The van der Waals surface area contributed by atoms with Crippen LogP contribution in [0.15, 0.2) is 12.1 Å². The van der Waals surface area contributed by atoms with Gasteiger partial charge in [0.15, 0.2) is 5.65 Å². The van der Waals surface area contributed by atoms with Crippen LogP contribution in [0.5, 0.6) is 0 Å². The van der Waals surface area contributed by atoms with E-state index in [-0.39, 0.29) is 11.7 Å². The second-order valence-corrected chi connectivity index (χ2v) is 4.99. The van der Waals surface area contributed by atoms with Gasteiger partial charge >= 0.3 is 6.09 Å². The molecule has 1 amide bonds. The summed E-state index contributed by atoms with van der Waals surface area (Å²) in [4.78, 5) is 15.2. The van der Waals surface area contributed by atoms with E-state index in [0.29, 0.717) is 38.6 Å². The van der Waals surface area contributed by atoms with Crippen LogP contribution in [-0.4, -0.2) is 63.6 Å². The molecule has 2 aromatic rings. The number of ether oxygens (including phenoxy) is 1. The van der Waals surface area contributed by atoms with Crippen LogP contribution in [0, 0.1) is 0 Å². The molecule has 10 heteroatoms. The lowest BCUT2D eigenvalue weighted by molar-refractivity contribution is 0.105. The van der Waals surface area contributed by atoms with E-state index in [2.05, 4.69) is 15.3 Å². The minimum atomic E-state index is -2.74. The molecule has 0 bridgehead atoms. The fourth-order valence-corrected chi connectivity index (χ4v) is 2.43. The zero-order valence-electron chi connectivity index (χ0n) is 12.5. The molecule has 0 unspecified atom stereocenters. The molecule has 0 atom stereocenters. The number of amides is 1. The van der Waals surface area contributed by atoms with Crippen molar-refractivity contribution in [1.82, 2.24) is 24.7 Å². The minimum Gasteiger partial charge on any atom is -0.450 e. The largest absolute Gasteiger partial charge is 0.450 e. The number of aromatic nitrogens is 4. The number of hydrogen-bond donors (Lipinski definition) is 0. The summed E-state index contributed by atoms with van der Waals surface area (Å²) in [6.07, 6.45) is -3.08. The molecule has 0 aliphatic carbocycles. The average molecular weight is 326 g/mol. The number of fused-ring (bicyclic) bond motifs is 1. The summed E-state index contributed by atoms with van der Waals surface area (Å²) in [5.41, 5.74) is 0.272. The van der Waals surface area contributed by atoms with Gasteiger partial charge in [-0.05, 0) is 19.1 Å². The van der Waals surface area contributed by atoms with Crippen LogP contribution in [0.4, 0.5) is 19.4 Å². The summed E-state index contributed by atoms with van der Waals surface area (Å²) in [5, 5.41) is 11.3. The maximum absolute atomic E-state index is 12.9. The van der Waals surface area contributed by atoms with Crippen molar-refractivity contribution in [1.29, 1.82) is 0 Å². The van der Waals surface area contributed by atoms with Gasteiger partial charge in [0.05, 0.1) is 6.61 Å². The number of halogens is 2. The van der Waals surface area contributed by atoms with Crippen LogP contribution >= 0.6 is 0 Å². The Bertz CT molecular complexity index is 699. The van der Waals surface area contributed by atoms with Crippen molar-refractivity contribution in [3.8, 4) is 0 Å². The molecular formula is C13H16F2N6O2. The monoisotopic (exact) mass is 326 g/mol. The van der Waals surface area contributed by atoms with Gasteiger partial charge in [-0.15, -0.1) is 15.3 Å². The van der Waals surface area contributed by atoms with Crippen LogP contribution in [0.3, 0.4) is 0 Å². The number of carbonyl (C=O) groups is 1. The van der Waals surface area contributed by atoms with E-state index < -0.39 is 12.2 Å². The predicted octanol–water partition coefficient (Wildman–Crippen LogP) is 1.34. The van der Waals surface area contributed by atoms with Crippen molar-refractivity contribution in [2.24, 2.45) is 0 Å². The molecule has 1 fully saturated rings. The van der Waals surface area contributed by atoms with E-state index in [1.165, 1.54) is 0 Å². The second kappa shape index (κ2) is 6.31. The Morgan fingerprint density at radius 1 is 1.26 bits per heavy atom. The number of carbonyl (C=O) groups excluding carboxylic acids is 1. The molecule has 3 rings (SSSR count). The lowest BCUT2D eigenvalue weighted by Gasteiger charge is -2.34. The lowest BCUT2D eigenvalue weighted by atomic mass is 10.3. The van der Waals surface area contributed by atoms with E-state index in [1.54, 1.807) is 24.0 Å². The lowest BCUT2D eigenvalue weighted by Crippen LogP contribution is -2.49. The van der Waals surface area contributed by atoms with E-state index in [4.69, 9.17) is 4.74 Å². The molecule has 0 aromatic carbocycles. The van der Waals surface area contributed by atoms with Gasteiger partial charge in [0.1, 0.15) is 5.82 Å². The highest BCUT2D eigenvalue weighted by atomic mass is 19.3. The van der Waals surface area contributed by atoms with Crippen LogP contribution in [0.1, 0.15) is 19.2 Å². The number of rotatable bonds is 3. The summed E-state index contributed by atoms with van der Waals surface area (Å²) in [7, 11) is 0. The highest BCUT2D eigenvalue weighted by molar-refractivity contribution is 5.68. The van der Waals surface area contributed by atoms with Gasteiger partial charge in [-0.1, -0.05) is 0 Å². The van der Waals surface area contributed by atoms with Crippen LogP contribution in [-0.2, 0) is 4.74 Å². The highest BCUT2D eigenvalue weighted by Crippen LogP contribution is 2.19. The van der Waals surface area contributed by atoms with Crippen molar-refractivity contribution in [3.63, 3.8) is 0 Å². The Morgan fingerprint density at radius 2 is 2.00 bits per heavy atom. The molecular weight excluding hydrogens is 310 g/mol. The summed E-state index contributed by atoms with van der Waals surface area (Å²) in [6.45, 7) is 4.16. The normalized spacial score (nSPS) is 15.5. The predicted molar refractivity (Wildman–Crippen MR) is 76.5 cm³/mol. The zero-order valence-corrected chi connectivity index (χ0v) is 12.5. The van der Waals surface area contributed by atoms with E-state index >= 15 is 0 Å². The molecule has 3 heterocycles. The average Bonchev–Trinajstić information content (AvgIpc) is 2.98. The summed E-state index contributed by atoms with van der Waals surface area (Å²) in [5.74, 6) is 0.0646. The zero-order chi connectivity index (χ0) is 16.4. The van der Waals surface area contributed by atoms with Gasteiger partial charge in [0.25, 0.3) is 6.43 Å². The maximum atomic E-state index is 12.9. The number of nitrogens with zero attached hydrogens (tertiary/aromatic N) is 6. The fourth-order valence-electron chi connectivity index (χ4n) is 2.43. The van der Waals surface area contributed by atoms with E-state index in [9.17, 15) is 13.6 Å². The van der Waals surface area contributed by atoms with Crippen molar-refractivity contribution in [2.75, 3.05) is 37.7 Å². The Morgan fingerprint density at radius 3 is 2.65 bits per heavy atom. The third-order valence-electron chi connectivity index (χ3n) is 3.60. The van der Waals surface area contributed by atoms with Crippen LogP contribution in [0.25, 0.3) is 5.65 Å². The third-order valence-corrected chi connectivity index (χ3v) is 3.60. The molecule has 1 saturated heterocycles. The maximum Gasteiger partial charge on any atom is 0.409 e. The molecule has 0 saturated carbocycles. The molecule has 2 aromatic heterocycles. The van der Waals surface area contributed by atoms with Crippen LogP contribution in [0.2, 0.25) is 0 Å². The van der Waals surface area contributed by atoms with Gasteiger partial charge in [0, 0.05) is 26.2 Å². The first-order chi connectivity index (χ1) is 11.1. The second-order valence-electron chi connectivity index (χ2n) is 4.99. The first-order valence-electron chi connectivity index (χ1n) is 7.27. The van der Waals surface area contributed by atoms with Crippen molar-refractivity contribution >= 4 is 17.6 Å². The SMILES string of the molecule is CCOC(=O)N1CCN(c2ccc3nnc(C(F)F)n3n2)CC1. The summed E-state index contributed by atoms with van der Waals surface area (Å²) in [6, 6.07) is 3.30. The Labute approximate surface area is 130 Å². The van der Waals surface area contributed by atoms with Gasteiger partial charge in [-0.3, -0.25) is 0 Å². The van der Waals surface area contributed by atoms with Gasteiger partial charge < -0.3 is 14.5 Å². The molecule has 8 nitrogen and oxygen atoms in total. The first kappa shape index (κ1) is 15.4. The van der Waals surface area contributed by atoms with E-state index in [1.807, 2.05) is 4.90 Å². The Kier molecular flexibility index (Phi) is 4.22. The highest BCUT2D eigenvalue weighted by Gasteiger charge is 2.24. The van der Waals surface area contributed by atoms with Crippen molar-refractivity contribution in [2.45, 2.75) is 13.3 Å². The minimum absolute atomic E-state index is 0.272. The Hall–Kier alpha value is -2.52. The van der Waals surface area contributed by atoms with Gasteiger partial charge in [-0.25, -0.2) is 13.6 Å². The molecule has 0 spiro atoms. The van der Waals surface area contributed by atoms with E-state index in [0.717, 1.165) is 4.52 Å². The molecule has 1 aliphatic rings. The van der Waals surface area contributed by atoms with Crippen LogP contribution < -0.4 is 4.90 Å². The molecule has 124 valence electrons. The first-order valence-corrected chi connectivity index (χ1v) is 7.27. The quantitative estimate of drug-likeness (QED) is 0.847. The van der Waals surface area contributed by atoms with Gasteiger partial charge in [0.2, 0.25) is 5.82 Å². The summed E-state index contributed by atoms with van der Waals surface area (Å²) < 4.78 is 31.8. The number of piperazine rings is 1. The van der Waals surface area contributed by atoms with Gasteiger partial charge in [-0.2, -0.15) is 4.52 Å². The standard InChI is InChI=1S/C13H16F2N6O2/c1-2-23-13(22)20-7-5-19(6-8-20)10-4-3-9-16-17-12(11(14)15)21(9)18-10/h3-4,11H,2,5-8H2,1H3. The smallest absolute Gasteiger partial charge is 0.409 e. The Balaban J connectivity index is 1.74. The van der Waals surface area contributed by atoms with Crippen molar-refractivity contribution < 1.29 is 18.3 Å². The number of hydrogen-bond acceptors (Lipinski definition) is 6. The molecule has 0 radical (unpaired) electrons. The summed E-state index contributed by atoms with van der Waals surface area (Å²) >= 11 is 0. The fraction of sp³-hybridized carbons (Fsp3) is 0.538. The molecule has 1 aliphatic heterocycles. The third kappa shape index (κ3) is 3.01. The number of anilines is 1.